The van der Waals surface area contributed by atoms with E-state index in [1.165, 1.54) is 0 Å². The molecule has 1 heterocycles. The first-order valence-corrected chi connectivity index (χ1v) is 9.52. The van der Waals surface area contributed by atoms with Crippen molar-refractivity contribution in [1.29, 1.82) is 0 Å². The molecule has 30 heavy (non-hydrogen) atoms. The highest BCUT2D eigenvalue weighted by molar-refractivity contribution is 6.21. The third kappa shape index (κ3) is 4.07. The molecule has 0 bridgehead atoms. The number of ether oxygens (including phenoxy) is 2. The Kier molecular flexibility index (Phi) is 5.57. The zero-order valence-corrected chi connectivity index (χ0v) is 16.1. The Hall–Kier alpha value is -3.93. The molecule has 2 amide bonds. The second kappa shape index (κ2) is 8.61. The van der Waals surface area contributed by atoms with Crippen molar-refractivity contribution in [2.45, 2.75) is 6.61 Å². The number of fused-ring (bicyclic) bond motifs is 1. The topological polar surface area (TPSA) is 72.9 Å². The first-order chi connectivity index (χ1) is 14.6. The Morgan fingerprint density at radius 3 is 2.00 bits per heavy atom. The molecule has 0 N–H and O–H groups in total. The zero-order chi connectivity index (χ0) is 20.9. The molecule has 0 aliphatic carbocycles. The molecule has 1 aliphatic rings. The summed E-state index contributed by atoms with van der Waals surface area (Å²) in [4.78, 5) is 38.0. The Morgan fingerprint density at radius 1 is 0.767 bits per heavy atom. The Bertz CT molecular complexity index is 1040. The van der Waals surface area contributed by atoms with Gasteiger partial charge in [0.15, 0.2) is 0 Å². The summed E-state index contributed by atoms with van der Waals surface area (Å²) in [6, 6.07) is 23.0. The average Bonchev–Trinajstić information content (AvgIpc) is 3.04. The molecule has 0 unspecified atom stereocenters. The normalized spacial score (nSPS) is 12.6. The van der Waals surface area contributed by atoms with Crippen molar-refractivity contribution in [2.24, 2.45) is 0 Å². The highest BCUT2D eigenvalue weighted by Gasteiger charge is 2.34. The van der Waals surface area contributed by atoms with Crippen molar-refractivity contribution in [3.8, 4) is 5.75 Å². The van der Waals surface area contributed by atoms with Crippen molar-refractivity contribution in [3.05, 3.63) is 101 Å². The first-order valence-electron chi connectivity index (χ1n) is 9.52. The largest absolute Gasteiger partial charge is 0.489 e. The lowest BCUT2D eigenvalue weighted by molar-refractivity contribution is 0.0420. The van der Waals surface area contributed by atoms with Gasteiger partial charge in [0.2, 0.25) is 0 Å². The van der Waals surface area contributed by atoms with Crippen LogP contribution < -0.4 is 4.74 Å². The third-order valence-corrected chi connectivity index (χ3v) is 4.76. The minimum atomic E-state index is -0.512. The molecule has 3 aromatic rings. The minimum Gasteiger partial charge on any atom is -0.489 e. The number of carbonyl (C=O) groups is 3. The fourth-order valence-corrected chi connectivity index (χ4v) is 3.18. The molecular weight excluding hydrogens is 382 g/mol. The van der Waals surface area contributed by atoms with Crippen molar-refractivity contribution in [1.82, 2.24) is 4.90 Å². The number of rotatable bonds is 7. The lowest BCUT2D eigenvalue weighted by Crippen LogP contribution is -2.33. The summed E-state index contributed by atoms with van der Waals surface area (Å²) in [5, 5.41) is 0. The summed E-state index contributed by atoms with van der Waals surface area (Å²) >= 11 is 0. The van der Waals surface area contributed by atoms with Crippen LogP contribution in [0.4, 0.5) is 0 Å². The number of carbonyl (C=O) groups excluding carboxylic acids is 3. The SMILES string of the molecule is O=C(OCCN1C(=O)c2ccccc2C1=O)c1ccc(COc2ccccc2)cc1. The molecule has 0 radical (unpaired) electrons. The van der Waals surface area contributed by atoms with E-state index in [2.05, 4.69) is 0 Å². The number of benzene rings is 3. The quantitative estimate of drug-likeness (QED) is 0.446. The highest BCUT2D eigenvalue weighted by atomic mass is 16.5. The van der Waals surface area contributed by atoms with E-state index in [-0.39, 0.29) is 25.0 Å². The van der Waals surface area contributed by atoms with Gasteiger partial charge in [0.1, 0.15) is 19.0 Å². The van der Waals surface area contributed by atoms with Gasteiger partial charge in [0, 0.05) is 0 Å². The molecule has 0 saturated heterocycles. The van der Waals surface area contributed by atoms with Gasteiger partial charge < -0.3 is 9.47 Å². The fraction of sp³-hybridized carbons (Fsp3) is 0.125. The van der Waals surface area contributed by atoms with E-state index in [0.717, 1.165) is 16.2 Å². The fourth-order valence-electron chi connectivity index (χ4n) is 3.18. The predicted octanol–water partition coefficient (Wildman–Crippen LogP) is 3.72. The smallest absolute Gasteiger partial charge is 0.338 e. The molecule has 150 valence electrons. The molecule has 3 aromatic carbocycles. The van der Waals surface area contributed by atoms with Gasteiger partial charge in [-0.3, -0.25) is 14.5 Å². The van der Waals surface area contributed by atoms with Gasteiger partial charge >= 0.3 is 5.97 Å². The van der Waals surface area contributed by atoms with E-state index in [1.807, 2.05) is 30.3 Å². The molecule has 0 fully saturated rings. The van der Waals surface area contributed by atoms with Crippen LogP contribution in [0.2, 0.25) is 0 Å². The van der Waals surface area contributed by atoms with Gasteiger partial charge in [0.25, 0.3) is 11.8 Å². The van der Waals surface area contributed by atoms with Gasteiger partial charge in [-0.05, 0) is 42.0 Å². The molecule has 4 rings (SSSR count). The van der Waals surface area contributed by atoms with Crippen molar-refractivity contribution in [2.75, 3.05) is 13.2 Å². The predicted molar refractivity (Wildman–Crippen MR) is 109 cm³/mol. The number of amides is 2. The van der Waals surface area contributed by atoms with E-state index in [0.29, 0.717) is 23.3 Å². The van der Waals surface area contributed by atoms with Crippen LogP contribution >= 0.6 is 0 Å². The molecule has 6 nitrogen and oxygen atoms in total. The summed E-state index contributed by atoms with van der Waals surface area (Å²) in [6.45, 7) is 0.337. The number of hydrogen-bond acceptors (Lipinski definition) is 5. The number of imide groups is 1. The molecule has 0 spiro atoms. The van der Waals surface area contributed by atoms with Crippen LogP contribution in [0.1, 0.15) is 36.6 Å². The summed E-state index contributed by atoms with van der Waals surface area (Å²) in [5.74, 6) is -0.472. The van der Waals surface area contributed by atoms with E-state index in [4.69, 9.17) is 9.47 Å². The Labute approximate surface area is 173 Å². The second-order valence-corrected chi connectivity index (χ2v) is 6.74. The Balaban J connectivity index is 1.27. The number of nitrogens with zero attached hydrogens (tertiary/aromatic N) is 1. The average molecular weight is 401 g/mol. The van der Waals surface area contributed by atoms with Crippen LogP contribution in [0, 0.1) is 0 Å². The highest BCUT2D eigenvalue weighted by Crippen LogP contribution is 2.22. The second-order valence-electron chi connectivity index (χ2n) is 6.74. The van der Waals surface area contributed by atoms with Crippen LogP contribution in [0.15, 0.2) is 78.9 Å². The van der Waals surface area contributed by atoms with Crippen molar-refractivity contribution < 1.29 is 23.9 Å². The third-order valence-electron chi connectivity index (χ3n) is 4.76. The summed E-state index contributed by atoms with van der Waals surface area (Å²) in [5.41, 5.74) is 2.06. The van der Waals surface area contributed by atoms with Crippen LogP contribution in [-0.4, -0.2) is 35.8 Å². The van der Waals surface area contributed by atoms with E-state index in [9.17, 15) is 14.4 Å². The zero-order valence-electron chi connectivity index (χ0n) is 16.1. The molecular formula is C24H19NO5. The van der Waals surface area contributed by atoms with Crippen LogP contribution in [0.5, 0.6) is 5.75 Å². The lowest BCUT2D eigenvalue weighted by Gasteiger charge is -2.14. The van der Waals surface area contributed by atoms with Crippen molar-refractivity contribution >= 4 is 17.8 Å². The number of esters is 1. The molecule has 6 heteroatoms. The van der Waals surface area contributed by atoms with Gasteiger partial charge in [-0.2, -0.15) is 0 Å². The summed E-state index contributed by atoms with van der Waals surface area (Å²) in [7, 11) is 0. The van der Waals surface area contributed by atoms with Gasteiger partial charge in [-0.15, -0.1) is 0 Å². The van der Waals surface area contributed by atoms with Gasteiger partial charge in [-0.1, -0.05) is 42.5 Å². The van der Waals surface area contributed by atoms with Crippen LogP contribution in [0.3, 0.4) is 0 Å². The maximum Gasteiger partial charge on any atom is 0.338 e. The van der Waals surface area contributed by atoms with Crippen molar-refractivity contribution in [3.63, 3.8) is 0 Å². The van der Waals surface area contributed by atoms with Gasteiger partial charge in [-0.25, -0.2) is 4.79 Å². The first kappa shape index (κ1) is 19.4. The molecule has 0 saturated carbocycles. The summed E-state index contributed by atoms with van der Waals surface area (Å²) in [6.07, 6.45) is 0. The molecule has 1 aliphatic heterocycles. The molecule has 0 aromatic heterocycles. The standard InChI is InChI=1S/C24H19NO5/c26-22-20-8-4-5-9-21(20)23(27)25(22)14-15-29-24(28)18-12-10-17(11-13-18)16-30-19-6-2-1-3-7-19/h1-13H,14-16H2. The summed E-state index contributed by atoms with van der Waals surface area (Å²) < 4.78 is 10.9. The van der Waals surface area contributed by atoms with E-state index < -0.39 is 5.97 Å². The number of para-hydroxylation sites is 1. The molecule has 0 atom stereocenters. The minimum absolute atomic E-state index is 0.0150. The van der Waals surface area contributed by atoms with Gasteiger partial charge in [0.05, 0.1) is 23.2 Å². The van der Waals surface area contributed by atoms with E-state index in [1.54, 1.807) is 48.5 Å². The Morgan fingerprint density at radius 2 is 1.37 bits per heavy atom. The van der Waals surface area contributed by atoms with E-state index >= 15 is 0 Å². The number of hydrogen-bond donors (Lipinski definition) is 0. The maximum absolute atomic E-state index is 12.3. The lowest BCUT2D eigenvalue weighted by atomic mass is 10.1. The van der Waals surface area contributed by atoms with Crippen LogP contribution in [0.25, 0.3) is 0 Å². The van der Waals surface area contributed by atoms with Crippen LogP contribution in [-0.2, 0) is 11.3 Å². The monoisotopic (exact) mass is 401 g/mol. The maximum atomic E-state index is 12.3.